The Morgan fingerprint density at radius 1 is 1.67 bits per heavy atom. The van der Waals surface area contributed by atoms with Gasteiger partial charge in [0.15, 0.2) is 0 Å². The molecule has 0 aliphatic heterocycles. The predicted octanol–water partition coefficient (Wildman–Crippen LogP) is 1.86. The Kier molecular flexibility index (Phi) is 16.0. The molecular weight excluding hydrogens is 263 g/mol. The van der Waals surface area contributed by atoms with Gasteiger partial charge in [-0.25, -0.2) is 0 Å². The molecule has 0 amide bonds. The van der Waals surface area contributed by atoms with Crippen molar-refractivity contribution in [3.63, 3.8) is 0 Å². The number of hydrogen-bond donors (Lipinski definition) is 0. The van der Waals surface area contributed by atoms with Crippen LogP contribution in [0.5, 0.6) is 0 Å². The van der Waals surface area contributed by atoms with Gasteiger partial charge < -0.3 is 6.66 Å². The van der Waals surface area contributed by atoms with Crippen LogP contribution in [0.2, 0.25) is 0 Å². The molecule has 0 aliphatic rings. The normalized spacial score (nSPS) is 9.00. The molecule has 0 aliphatic carbocycles. The van der Waals surface area contributed by atoms with E-state index < -0.39 is 0 Å². The van der Waals surface area contributed by atoms with E-state index in [1.807, 2.05) is 0 Å². The maximum atomic E-state index is 3.70. The molecule has 0 spiro atoms. The zero-order valence-corrected chi connectivity index (χ0v) is 7.96. The van der Waals surface area contributed by atoms with Gasteiger partial charge in [-0.2, -0.15) is 0 Å². The molecule has 38 valence electrons. The molecule has 1 atom stereocenters. The summed E-state index contributed by atoms with van der Waals surface area (Å²) in [6, 6.07) is 0. The van der Waals surface area contributed by atoms with Gasteiger partial charge in [0.1, 0.15) is 0 Å². The molecule has 0 saturated heterocycles. The average Bonchev–Trinajstić information content (AvgIpc) is 1.41. The van der Waals surface area contributed by atoms with E-state index in [0.717, 1.165) is 8.58 Å². The topological polar surface area (TPSA) is 0 Å². The Balaban J connectivity index is 0. The first-order chi connectivity index (χ1) is 2.41. The Labute approximate surface area is 56.1 Å². The summed E-state index contributed by atoms with van der Waals surface area (Å²) in [4.78, 5) is 0. The molecule has 0 aromatic heterocycles. The van der Waals surface area contributed by atoms with Gasteiger partial charge in [-0.05, 0) is 0 Å². The van der Waals surface area contributed by atoms with Crippen molar-refractivity contribution >= 4 is 8.58 Å². The van der Waals surface area contributed by atoms with E-state index in [1.165, 1.54) is 12.6 Å². The van der Waals surface area contributed by atoms with Crippen LogP contribution in [-0.4, -0.2) is 6.16 Å². The molecule has 0 radical (unpaired) electrons. The van der Waals surface area contributed by atoms with Crippen molar-refractivity contribution in [1.29, 1.82) is 0 Å². The SMILES string of the molecule is [CH2-]PCCC.[W]. The zero-order chi connectivity index (χ0) is 4.12. The van der Waals surface area contributed by atoms with E-state index >= 15 is 0 Å². The van der Waals surface area contributed by atoms with E-state index in [-0.39, 0.29) is 21.1 Å². The standard InChI is InChI=1S/C4H10P.W/c1-3-4-5-2;/h5H,2-4H2,1H3;/q-1;. The summed E-state index contributed by atoms with van der Waals surface area (Å²) < 4.78 is 0. The first-order valence-electron chi connectivity index (χ1n) is 1.91. The van der Waals surface area contributed by atoms with Crippen molar-refractivity contribution in [2.75, 3.05) is 6.16 Å². The minimum absolute atomic E-state index is 0. The van der Waals surface area contributed by atoms with Crippen LogP contribution >= 0.6 is 8.58 Å². The summed E-state index contributed by atoms with van der Waals surface area (Å²) in [5.41, 5.74) is 0. The summed E-state index contributed by atoms with van der Waals surface area (Å²) in [6.07, 6.45) is 2.60. The van der Waals surface area contributed by atoms with Gasteiger partial charge in [0.2, 0.25) is 0 Å². The summed E-state index contributed by atoms with van der Waals surface area (Å²) in [5, 5.41) is 0. The molecular formula is C4H10PW-. The van der Waals surface area contributed by atoms with Gasteiger partial charge in [-0.1, -0.05) is 19.5 Å². The number of hydrogen-bond acceptors (Lipinski definition) is 0. The van der Waals surface area contributed by atoms with Gasteiger partial charge in [-0.3, -0.25) is 8.58 Å². The molecule has 0 rings (SSSR count). The molecule has 0 aromatic carbocycles. The first kappa shape index (κ1) is 10.2. The summed E-state index contributed by atoms with van der Waals surface area (Å²) >= 11 is 0. The van der Waals surface area contributed by atoms with Crippen LogP contribution in [0.3, 0.4) is 0 Å². The molecule has 0 bridgehead atoms. The fourth-order valence-electron chi connectivity index (χ4n) is 0.177. The van der Waals surface area contributed by atoms with Crippen molar-refractivity contribution in [2.45, 2.75) is 13.3 Å². The van der Waals surface area contributed by atoms with Gasteiger partial charge in [0.25, 0.3) is 0 Å². The predicted molar refractivity (Wildman–Crippen MR) is 28.8 cm³/mol. The van der Waals surface area contributed by atoms with E-state index in [0.29, 0.717) is 0 Å². The fourth-order valence-corrected chi connectivity index (χ4v) is 0.530. The molecule has 6 heavy (non-hydrogen) atoms. The Morgan fingerprint density at radius 2 is 2.17 bits per heavy atom. The van der Waals surface area contributed by atoms with E-state index in [1.54, 1.807) is 0 Å². The average molecular weight is 273 g/mol. The minimum Gasteiger partial charge on any atom is -0.320 e. The van der Waals surface area contributed by atoms with Gasteiger partial charge in [-0.15, -0.1) is 0 Å². The van der Waals surface area contributed by atoms with Crippen LogP contribution in [0.4, 0.5) is 0 Å². The molecule has 0 nitrogen and oxygen atoms in total. The Morgan fingerprint density at radius 3 is 2.17 bits per heavy atom. The third kappa shape index (κ3) is 8.93. The van der Waals surface area contributed by atoms with Crippen LogP contribution < -0.4 is 0 Å². The molecule has 0 N–H and O–H groups in total. The monoisotopic (exact) mass is 273 g/mol. The second kappa shape index (κ2) is 9.45. The smallest absolute Gasteiger partial charge is 0 e. The van der Waals surface area contributed by atoms with Gasteiger partial charge in [0.05, 0.1) is 0 Å². The van der Waals surface area contributed by atoms with Gasteiger partial charge >= 0.3 is 0 Å². The minimum atomic E-state index is 0. The summed E-state index contributed by atoms with van der Waals surface area (Å²) in [5.74, 6) is 0. The second-order valence-electron chi connectivity index (χ2n) is 1.000. The maximum absolute atomic E-state index is 3.70. The van der Waals surface area contributed by atoms with Crippen LogP contribution in [-0.2, 0) is 21.1 Å². The first-order valence-corrected chi connectivity index (χ1v) is 3.33. The van der Waals surface area contributed by atoms with Crippen molar-refractivity contribution in [1.82, 2.24) is 0 Å². The van der Waals surface area contributed by atoms with Crippen molar-refractivity contribution < 1.29 is 21.1 Å². The second-order valence-corrected chi connectivity index (χ2v) is 2.00. The van der Waals surface area contributed by atoms with E-state index in [9.17, 15) is 0 Å². The van der Waals surface area contributed by atoms with Crippen LogP contribution in [0.25, 0.3) is 0 Å². The van der Waals surface area contributed by atoms with Crippen LogP contribution in [0.1, 0.15) is 13.3 Å². The number of rotatable bonds is 2. The third-order valence-corrected chi connectivity index (χ3v) is 1.28. The molecule has 0 aromatic rings. The van der Waals surface area contributed by atoms with Crippen molar-refractivity contribution in [3.05, 3.63) is 6.66 Å². The van der Waals surface area contributed by atoms with Crippen molar-refractivity contribution in [2.24, 2.45) is 0 Å². The maximum Gasteiger partial charge on any atom is 0 e. The summed E-state index contributed by atoms with van der Waals surface area (Å²) in [6.45, 7) is 5.88. The third-order valence-electron chi connectivity index (χ3n) is 0.427. The molecule has 0 fully saturated rings. The molecule has 0 saturated carbocycles. The Hall–Kier alpha value is 1.12. The Bertz CT molecular complexity index is 15.0. The van der Waals surface area contributed by atoms with Crippen LogP contribution in [0, 0.1) is 6.66 Å². The molecule has 0 heterocycles. The van der Waals surface area contributed by atoms with Crippen molar-refractivity contribution in [3.8, 4) is 0 Å². The quantitative estimate of drug-likeness (QED) is 0.532. The molecule has 2 heteroatoms. The van der Waals surface area contributed by atoms with E-state index in [2.05, 4.69) is 13.6 Å². The van der Waals surface area contributed by atoms with Gasteiger partial charge in [0, 0.05) is 21.1 Å². The zero-order valence-electron chi connectivity index (χ0n) is 4.03. The molecule has 1 unspecified atom stereocenters. The fraction of sp³-hybridized carbons (Fsp3) is 0.750. The summed E-state index contributed by atoms with van der Waals surface area (Å²) in [7, 11) is 0.908. The van der Waals surface area contributed by atoms with Crippen LogP contribution in [0.15, 0.2) is 0 Å². The largest absolute Gasteiger partial charge is 0.320 e. The van der Waals surface area contributed by atoms with E-state index in [4.69, 9.17) is 0 Å².